The van der Waals surface area contributed by atoms with Gasteiger partial charge in [0, 0.05) is 29.4 Å². The standard InChI is InChI=1S/C14H14F2O2/c15-13(16)9-1-2-11-12(7-9)18-8-14(11)5-3-10(17)4-6-14/h1-2,7,13H,3-6,8H2. The quantitative estimate of drug-likeness (QED) is 0.765. The van der Waals surface area contributed by atoms with E-state index in [1.165, 1.54) is 12.1 Å². The van der Waals surface area contributed by atoms with Crippen LogP contribution in [-0.2, 0) is 10.2 Å². The summed E-state index contributed by atoms with van der Waals surface area (Å²) in [5.41, 5.74) is 0.876. The Kier molecular flexibility index (Phi) is 2.61. The molecule has 0 amide bonds. The van der Waals surface area contributed by atoms with Crippen LogP contribution in [0.1, 0.15) is 43.2 Å². The number of alkyl halides is 2. The Hall–Kier alpha value is -1.45. The number of Topliss-reactive ketones (excluding diaryl/α,β-unsaturated/α-hetero) is 1. The molecule has 4 heteroatoms. The molecule has 1 aromatic carbocycles. The summed E-state index contributed by atoms with van der Waals surface area (Å²) in [7, 11) is 0. The molecule has 0 atom stereocenters. The molecule has 0 aromatic heterocycles. The molecule has 1 heterocycles. The predicted molar refractivity (Wildman–Crippen MR) is 62.0 cm³/mol. The van der Waals surface area contributed by atoms with Gasteiger partial charge in [0.2, 0.25) is 0 Å². The second-order valence-electron chi connectivity index (χ2n) is 5.16. The molecule has 2 aliphatic rings. The van der Waals surface area contributed by atoms with Crippen LogP contribution in [0.4, 0.5) is 8.78 Å². The van der Waals surface area contributed by atoms with Crippen molar-refractivity contribution in [2.24, 2.45) is 0 Å². The zero-order valence-electron chi connectivity index (χ0n) is 9.92. The number of carbonyl (C=O) groups excluding carboxylic acids is 1. The average molecular weight is 252 g/mol. The van der Waals surface area contributed by atoms with Crippen molar-refractivity contribution in [1.29, 1.82) is 0 Å². The van der Waals surface area contributed by atoms with Crippen LogP contribution >= 0.6 is 0 Å². The number of rotatable bonds is 1. The van der Waals surface area contributed by atoms with E-state index in [-0.39, 0.29) is 11.0 Å². The lowest BCUT2D eigenvalue weighted by Crippen LogP contribution is -2.33. The van der Waals surface area contributed by atoms with E-state index in [0.29, 0.717) is 31.0 Å². The Morgan fingerprint density at radius 3 is 2.61 bits per heavy atom. The third-order valence-electron chi connectivity index (χ3n) is 4.10. The third kappa shape index (κ3) is 1.71. The normalized spacial score (nSPS) is 21.2. The van der Waals surface area contributed by atoms with Gasteiger partial charge in [-0.1, -0.05) is 12.1 Å². The van der Waals surface area contributed by atoms with Crippen LogP contribution in [0.2, 0.25) is 0 Å². The lowest BCUT2D eigenvalue weighted by atomic mass is 9.70. The molecule has 3 rings (SSSR count). The SMILES string of the molecule is O=C1CCC2(CC1)COc1cc(C(F)F)ccc12. The van der Waals surface area contributed by atoms with E-state index in [0.717, 1.165) is 18.4 Å². The van der Waals surface area contributed by atoms with Gasteiger partial charge in [-0.3, -0.25) is 4.79 Å². The summed E-state index contributed by atoms with van der Waals surface area (Å²) in [5, 5.41) is 0. The van der Waals surface area contributed by atoms with Gasteiger partial charge < -0.3 is 4.74 Å². The van der Waals surface area contributed by atoms with Gasteiger partial charge in [0.25, 0.3) is 6.43 Å². The van der Waals surface area contributed by atoms with E-state index in [2.05, 4.69) is 0 Å². The molecule has 0 bridgehead atoms. The summed E-state index contributed by atoms with van der Waals surface area (Å²) in [5.74, 6) is 0.862. The van der Waals surface area contributed by atoms with Crippen molar-refractivity contribution in [2.75, 3.05) is 6.61 Å². The van der Waals surface area contributed by atoms with Crippen LogP contribution in [0.5, 0.6) is 5.75 Å². The van der Waals surface area contributed by atoms with Gasteiger partial charge >= 0.3 is 0 Å². The van der Waals surface area contributed by atoms with Crippen LogP contribution in [0.25, 0.3) is 0 Å². The largest absolute Gasteiger partial charge is 0.492 e. The van der Waals surface area contributed by atoms with Crippen molar-refractivity contribution < 1.29 is 18.3 Å². The number of carbonyl (C=O) groups is 1. The number of halogens is 2. The van der Waals surface area contributed by atoms with Crippen molar-refractivity contribution in [3.05, 3.63) is 29.3 Å². The number of ketones is 1. The third-order valence-corrected chi connectivity index (χ3v) is 4.10. The number of benzene rings is 1. The van der Waals surface area contributed by atoms with Gasteiger partial charge in [0.05, 0.1) is 6.61 Å². The molecule has 96 valence electrons. The van der Waals surface area contributed by atoms with Crippen LogP contribution in [-0.4, -0.2) is 12.4 Å². The molecule has 0 N–H and O–H groups in total. The van der Waals surface area contributed by atoms with Crippen molar-refractivity contribution in [3.8, 4) is 5.75 Å². The van der Waals surface area contributed by atoms with Crippen molar-refractivity contribution in [1.82, 2.24) is 0 Å². The highest BCUT2D eigenvalue weighted by molar-refractivity contribution is 5.79. The minimum atomic E-state index is -2.47. The molecule has 1 aromatic rings. The molecule has 0 unspecified atom stereocenters. The molecule has 2 nitrogen and oxygen atoms in total. The highest BCUT2D eigenvalue weighted by Gasteiger charge is 2.43. The minimum Gasteiger partial charge on any atom is -0.492 e. The summed E-state index contributed by atoms with van der Waals surface area (Å²) in [6.45, 7) is 0.516. The molecule has 1 fully saturated rings. The Morgan fingerprint density at radius 2 is 1.94 bits per heavy atom. The first kappa shape index (κ1) is 11.6. The monoisotopic (exact) mass is 252 g/mol. The summed E-state index contributed by atoms with van der Waals surface area (Å²) < 4.78 is 30.8. The second-order valence-corrected chi connectivity index (χ2v) is 5.16. The molecule has 1 saturated carbocycles. The van der Waals surface area contributed by atoms with Gasteiger partial charge in [-0.2, -0.15) is 0 Å². The van der Waals surface area contributed by atoms with Gasteiger partial charge in [0.15, 0.2) is 0 Å². The maximum atomic E-state index is 12.6. The first-order valence-corrected chi connectivity index (χ1v) is 6.18. The smallest absolute Gasteiger partial charge is 0.263 e. The van der Waals surface area contributed by atoms with Gasteiger partial charge in [-0.05, 0) is 18.9 Å². The Balaban J connectivity index is 1.95. The zero-order valence-corrected chi connectivity index (χ0v) is 9.92. The van der Waals surface area contributed by atoms with Crippen LogP contribution in [0, 0.1) is 0 Å². The Morgan fingerprint density at radius 1 is 1.22 bits per heavy atom. The van der Waals surface area contributed by atoms with E-state index in [1.807, 2.05) is 0 Å². The van der Waals surface area contributed by atoms with Gasteiger partial charge in [-0.25, -0.2) is 8.78 Å². The fraction of sp³-hybridized carbons (Fsp3) is 0.500. The number of hydrogen-bond donors (Lipinski definition) is 0. The molecule has 18 heavy (non-hydrogen) atoms. The van der Waals surface area contributed by atoms with Crippen molar-refractivity contribution in [3.63, 3.8) is 0 Å². The molecule has 1 spiro atoms. The van der Waals surface area contributed by atoms with Crippen LogP contribution in [0.3, 0.4) is 0 Å². The predicted octanol–water partition coefficient (Wildman–Crippen LogP) is 3.40. The fourth-order valence-corrected chi connectivity index (χ4v) is 2.95. The first-order valence-electron chi connectivity index (χ1n) is 6.18. The van der Waals surface area contributed by atoms with Crippen LogP contribution < -0.4 is 4.74 Å². The average Bonchev–Trinajstić information content (AvgIpc) is 2.72. The highest BCUT2D eigenvalue weighted by atomic mass is 19.3. The molecular formula is C14H14F2O2. The second kappa shape index (κ2) is 4.04. The van der Waals surface area contributed by atoms with Crippen molar-refractivity contribution >= 4 is 5.78 Å². The van der Waals surface area contributed by atoms with E-state index >= 15 is 0 Å². The minimum absolute atomic E-state index is 0.00214. The maximum Gasteiger partial charge on any atom is 0.263 e. The lowest BCUT2D eigenvalue weighted by molar-refractivity contribution is -0.121. The van der Waals surface area contributed by atoms with E-state index in [9.17, 15) is 13.6 Å². The fourth-order valence-electron chi connectivity index (χ4n) is 2.95. The highest BCUT2D eigenvalue weighted by Crippen LogP contribution is 2.47. The molecular weight excluding hydrogens is 238 g/mol. The molecule has 0 saturated heterocycles. The molecule has 0 radical (unpaired) electrons. The van der Waals surface area contributed by atoms with E-state index in [1.54, 1.807) is 6.07 Å². The Bertz CT molecular complexity index is 487. The van der Waals surface area contributed by atoms with E-state index < -0.39 is 6.43 Å². The summed E-state index contributed by atoms with van der Waals surface area (Å²) >= 11 is 0. The van der Waals surface area contributed by atoms with Crippen LogP contribution in [0.15, 0.2) is 18.2 Å². The lowest BCUT2D eigenvalue weighted by Gasteiger charge is -2.31. The van der Waals surface area contributed by atoms with E-state index in [4.69, 9.17) is 4.74 Å². The summed E-state index contributed by atoms with van der Waals surface area (Å²) in [6.07, 6.45) is 0.210. The molecule has 1 aliphatic heterocycles. The summed E-state index contributed by atoms with van der Waals surface area (Å²) in [4.78, 5) is 11.3. The first-order chi connectivity index (χ1) is 8.61. The van der Waals surface area contributed by atoms with Crippen molar-refractivity contribution in [2.45, 2.75) is 37.5 Å². The summed E-state index contributed by atoms with van der Waals surface area (Å²) in [6, 6.07) is 4.65. The number of fused-ring (bicyclic) bond motifs is 2. The number of ether oxygens (including phenoxy) is 1. The molecule has 1 aliphatic carbocycles. The number of hydrogen-bond acceptors (Lipinski definition) is 2. The van der Waals surface area contributed by atoms with Gasteiger partial charge in [0.1, 0.15) is 11.5 Å². The Labute approximate surface area is 104 Å². The van der Waals surface area contributed by atoms with Gasteiger partial charge in [-0.15, -0.1) is 0 Å². The topological polar surface area (TPSA) is 26.3 Å². The maximum absolute atomic E-state index is 12.6. The zero-order chi connectivity index (χ0) is 12.8.